The fraction of sp³-hybridized carbons (Fsp3) is 0.0556. The number of benzene rings is 3. The molecule has 0 saturated heterocycles. The van der Waals surface area contributed by atoms with Gasteiger partial charge >= 0.3 is 0 Å². The Hall–Kier alpha value is -1.93. The van der Waals surface area contributed by atoms with Crippen LogP contribution in [0.4, 0.5) is 0 Å². The molecule has 0 bridgehead atoms. The van der Waals surface area contributed by atoms with Crippen LogP contribution in [0.25, 0.3) is 32.6 Å². The maximum absolute atomic E-state index is 4.82. The number of rotatable bonds is 1. The molecule has 0 fully saturated rings. The molecule has 0 radical (unpaired) electrons. The molecule has 1 aromatic heterocycles. The average Bonchev–Trinajstić information content (AvgIpc) is 2.52. The summed E-state index contributed by atoms with van der Waals surface area (Å²) in [6.07, 6.45) is 0. The smallest absolute Gasteiger partial charge is 0.0719 e. The van der Waals surface area contributed by atoms with E-state index in [2.05, 4.69) is 70.5 Å². The summed E-state index contributed by atoms with van der Waals surface area (Å²) in [5.41, 5.74) is 3.45. The summed E-state index contributed by atoms with van der Waals surface area (Å²) >= 11 is 3.66. The number of nitrogens with zero attached hydrogens (tertiary/aromatic N) is 1. The van der Waals surface area contributed by atoms with Gasteiger partial charge in [0, 0.05) is 16.1 Å². The zero-order chi connectivity index (χ0) is 13.5. The van der Waals surface area contributed by atoms with Gasteiger partial charge in [-0.3, -0.25) is 0 Å². The molecule has 4 aromatic rings. The highest BCUT2D eigenvalue weighted by Crippen LogP contribution is 2.33. The van der Waals surface area contributed by atoms with Gasteiger partial charge in [0.05, 0.1) is 11.0 Å². The van der Waals surface area contributed by atoms with E-state index >= 15 is 0 Å². The van der Waals surface area contributed by atoms with E-state index in [1.807, 2.05) is 6.07 Å². The maximum Gasteiger partial charge on any atom is 0.0719 e. The van der Waals surface area contributed by atoms with Crippen molar-refractivity contribution in [3.63, 3.8) is 0 Å². The minimum Gasteiger partial charge on any atom is -0.248 e. The zero-order valence-corrected chi connectivity index (χ0v) is 12.4. The summed E-state index contributed by atoms with van der Waals surface area (Å²) in [4.78, 5) is 4.82. The Morgan fingerprint density at radius 2 is 1.50 bits per heavy atom. The normalized spacial score (nSPS) is 11.4. The lowest BCUT2D eigenvalue weighted by Gasteiger charge is -2.11. The molecule has 0 spiro atoms. The molecule has 2 heteroatoms. The van der Waals surface area contributed by atoms with Gasteiger partial charge in [-0.25, -0.2) is 4.98 Å². The summed E-state index contributed by atoms with van der Waals surface area (Å²) in [7, 11) is 0. The molecule has 20 heavy (non-hydrogen) atoms. The topological polar surface area (TPSA) is 12.9 Å². The van der Waals surface area contributed by atoms with Gasteiger partial charge in [-0.15, -0.1) is 0 Å². The summed E-state index contributed by atoms with van der Waals surface area (Å²) in [5, 5.41) is 5.87. The first kappa shape index (κ1) is 11.9. The average molecular weight is 322 g/mol. The fourth-order valence-corrected chi connectivity index (χ4v) is 3.48. The van der Waals surface area contributed by atoms with Crippen molar-refractivity contribution in [2.45, 2.75) is 5.33 Å². The minimum absolute atomic E-state index is 0.834. The lowest BCUT2D eigenvalue weighted by molar-refractivity contribution is 1.45. The Morgan fingerprint density at radius 3 is 2.35 bits per heavy atom. The Balaban J connectivity index is 2.33. The highest BCUT2D eigenvalue weighted by atomic mass is 79.9. The van der Waals surface area contributed by atoms with Gasteiger partial charge in [0.1, 0.15) is 0 Å². The summed E-state index contributed by atoms with van der Waals surface area (Å²) in [6, 6.07) is 21.1. The monoisotopic (exact) mass is 321 g/mol. The molecular formula is C18H12BrN. The van der Waals surface area contributed by atoms with Crippen LogP contribution in [0.2, 0.25) is 0 Å². The molecule has 4 rings (SSSR count). The van der Waals surface area contributed by atoms with Crippen molar-refractivity contribution >= 4 is 48.5 Å². The molecule has 3 aromatic carbocycles. The van der Waals surface area contributed by atoms with E-state index in [4.69, 9.17) is 4.98 Å². The number of fused-ring (bicyclic) bond motifs is 4. The number of pyridine rings is 1. The van der Waals surface area contributed by atoms with Gasteiger partial charge in [-0.2, -0.15) is 0 Å². The predicted octanol–water partition coefficient (Wildman–Crippen LogP) is 5.44. The second-order valence-corrected chi connectivity index (χ2v) is 5.48. The molecule has 1 heterocycles. The molecular weight excluding hydrogens is 310 g/mol. The molecule has 0 aliphatic carbocycles. The standard InChI is InChI=1S/C18H12BrN/c19-11-15-14-7-3-4-8-16(14)20-17-10-9-12-5-1-2-6-13(12)18(15)17/h1-10H,11H2. The van der Waals surface area contributed by atoms with Gasteiger partial charge in [-0.05, 0) is 28.5 Å². The van der Waals surface area contributed by atoms with E-state index in [0.29, 0.717) is 0 Å². The lowest BCUT2D eigenvalue weighted by Crippen LogP contribution is -1.91. The van der Waals surface area contributed by atoms with E-state index in [1.54, 1.807) is 0 Å². The van der Waals surface area contributed by atoms with E-state index in [0.717, 1.165) is 16.4 Å². The van der Waals surface area contributed by atoms with Gasteiger partial charge in [0.15, 0.2) is 0 Å². The molecule has 0 aliphatic heterocycles. The third-order valence-corrected chi connectivity index (χ3v) is 4.37. The van der Waals surface area contributed by atoms with Crippen LogP contribution in [0, 0.1) is 0 Å². The molecule has 0 saturated carbocycles. The quantitative estimate of drug-likeness (QED) is 0.258. The second-order valence-electron chi connectivity index (χ2n) is 4.92. The van der Waals surface area contributed by atoms with Gasteiger partial charge in [0.25, 0.3) is 0 Å². The predicted molar refractivity (Wildman–Crippen MR) is 89.4 cm³/mol. The largest absolute Gasteiger partial charge is 0.248 e. The fourth-order valence-electron chi connectivity index (χ4n) is 2.90. The van der Waals surface area contributed by atoms with Crippen LogP contribution in [-0.2, 0) is 5.33 Å². The van der Waals surface area contributed by atoms with Crippen LogP contribution in [0.5, 0.6) is 0 Å². The first-order valence-electron chi connectivity index (χ1n) is 6.63. The zero-order valence-electron chi connectivity index (χ0n) is 10.8. The Morgan fingerprint density at radius 1 is 0.750 bits per heavy atom. The third kappa shape index (κ3) is 1.65. The van der Waals surface area contributed by atoms with Crippen molar-refractivity contribution in [1.29, 1.82) is 0 Å². The first-order valence-corrected chi connectivity index (χ1v) is 7.75. The highest BCUT2D eigenvalue weighted by Gasteiger charge is 2.10. The van der Waals surface area contributed by atoms with Crippen LogP contribution in [0.15, 0.2) is 60.7 Å². The highest BCUT2D eigenvalue weighted by molar-refractivity contribution is 9.08. The second kappa shape index (κ2) is 4.57. The first-order chi connectivity index (χ1) is 9.88. The van der Waals surface area contributed by atoms with Crippen molar-refractivity contribution in [3.05, 3.63) is 66.2 Å². The Kier molecular flexibility index (Phi) is 2.71. The number of aromatic nitrogens is 1. The lowest BCUT2D eigenvalue weighted by atomic mass is 9.98. The number of halogens is 1. The third-order valence-electron chi connectivity index (χ3n) is 3.81. The molecule has 0 amide bonds. The van der Waals surface area contributed by atoms with Crippen molar-refractivity contribution in [2.24, 2.45) is 0 Å². The number of hydrogen-bond donors (Lipinski definition) is 0. The Bertz CT molecular complexity index is 944. The van der Waals surface area contributed by atoms with Gasteiger partial charge in [-0.1, -0.05) is 64.5 Å². The van der Waals surface area contributed by atoms with E-state index in [-0.39, 0.29) is 0 Å². The van der Waals surface area contributed by atoms with Crippen molar-refractivity contribution < 1.29 is 0 Å². The van der Waals surface area contributed by atoms with Crippen LogP contribution in [-0.4, -0.2) is 4.98 Å². The molecule has 96 valence electrons. The maximum atomic E-state index is 4.82. The molecule has 0 unspecified atom stereocenters. The molecule has 0 atom stereocenters. The number of alkyl halides is 1. The van der Waals surface area contributed by atoms with Gasteiger partial charge < -0.3 is 0 Å². The van der Waals surface area contributed by atoms with Crippen molar-refractivity contribution in [1.82, 2.24) is 4.98 Å². The van der Waals surface area contributed by atoms with E-state index in [1.165, 1.54) is 27.1 Å². The van der Waals surface area contributed by atoms with Crippen LogP contribution >= 0.6 is 15.9 Å². The molecule has 1 nitrogen and oxygen atoms in total. The Labute approximate surface area is 125 Å². The van der Waals surface area contributed by atoms with Crippen molar-refractivity contribution in [3.8, 4) is 0 Å². The number of hydrogen-bond acceptors (Lipinski definition) is 1. The van der Waals surface area contributed by atoms with Crippen LogP contribution in [0.1, 0.15) is 5.56 Å². The summed E-state index contributed by atoms with van der Waals surface area (Å²) in [5.74, 6) is 0. The van der Waals surface area contributed by atoms with Crippen molar-refractivity contribution in [2.75, 3.05) is 0 Å². The SMILES string of the molecule is BrCc1c2ccccc2nc2ccc3ccccc3c12. The van der Waals surface area contributed by atoms with E-state index in [9.17, 15) is 0 Å². The minimum atomic E-state index is 0.834. The number of para-hydroxylation sites is 1. The van der Waals surface area contributed by atoms with Crippen LogP contribution in [0.3, 0.4) is 0 Å². The summed E-state index contributed by atoms with van der Waals surface area (Å²) < 4.78 is 0. The molecule has 0 N–H and O–H groups in total. The van der Waals surface area contributed by atoms with Gasteiger partial charge in [0.2, 0.25) is 0 Å². The van der Waals surface area contributed by atoms with Crippen LogP contribution < -0.4 is 0 Å². The summed E-state index contributed by atoms with van der Waals surface area (Å²) in [6.45, 7) is 0. The van der Waals surface area contributed by atoms with E-state index < -0.39 is 0 Å². The molecule has 0 aliphatic rings.